The maximum absolute atomic E-state index is 13.0. The van der Waals surface area contributed by atoms with Crippen LogP contribution in [-0.2, 0) is 0 Å². The number of aromatic hydroxyl groups is 3. The van der Waals surface area contributed by atoms with Crippen LogP contribution in [0.1, 0.15) is 45.6 Å². The number of allylic oxidation sites excluding steroid dienone is 3. The molecule has 6 heteroatoms. The second-order valence-corrected chi connectivity index (χ2v) is 7.65. The molecule has 0 bridgehead atoms. The van der Waals surface area contributed by atoms with Gasteiger partial charge in [-0.2, -0.15) is 0 Å². The SMILES string of the molecule is COc1cc2c(=O)c3c(O)c(C=C(C)CCCC=C(C)C)c(O)cc3oc2cc1O. The fourth-order valence-electron chi connectivity index (χ4n) is 3.41. The summed E-state index contributed by atoms with van der Waals surface area (Å²) in [6.45, 7) is 6.03. The first kappa shape index (κ1) is 21.3. The van der Waals surface area contributed by atoms with E-state index in [4.69, 9.17) is 9.15 Å². The van der Waals surface area contributed by atoms with Gasteiger partial charge < -0.3 is 24.5 Å². The summed E-state index contributed by atoms with van der Waals surface area (Å²) in [4.78, 5) is 13.0. The molecule has 0 aliphatic rings. The van der Waals surface area contributed by atoms with E-state index in [0.717, 1.165) is 24.8 Å². The molecular weight excluding hydrogens is 384 g/mol. The molecule has 0 aliphatic carbocycles. The quantitative estimate of drug-likeness (QED) is 0.277. The molecule has 3 rings (SSSR count). The zero-order chi connectivity index (χ0) is 22.0. The van der Waals surface area contributed by atoms with Gasteiger partial charge in [-0.25, -0.2) is 0 Å². The van der Waals surface area contributed by atoms with E-state index >= 15 is 0 Å². The summed E-state index contributed by atoms with van der Waals surface area (Å²) in [5, 5.41) is 31.3. The van der Waals surface area contributed by atoms with Crippen molar-refractivity contribution in [1.82, 2.24) is 0 Å². The van der Waals surface area contributed by atoms with Crippen LogP contribution in [0.4, 0.5) is 0 Å². The topological polar surface area (TPSA) is 100 Å². The molecule has 0 amide bonds. The summed E-state index contributed by atoms with van der Waals surface area (Å²) in [6.07, 6.45) is 6.55. The van der Waals surface area contributed by atoms with Gasteiger partial charge >= 0.3 is 0 Å². The van der Waals surface area contributed by atoms with Gasteiger partial charge in [0, 0.05) is 12.1 Å². The normalized spacial score (nSPS) is 11.8. The molecule has 3 aromatic rings. The summed E-state index contributed by atoms with van der Waals surface area (Å²) >= 11 is 0. The van der Waals surface area contributed by atoms with Crippen LogP contribution in [0.15, 0.2) is 44.6 Å². The molecule has 0 spiro atoms. The molecule has 0 fully saturated rings. The van der Waals surface area contributed by atoms with Gasteiger partial charge in [-0.1, -0.05) is 17.2 Å². The highest BCUT2D eigenvalue weighted by atomic mass is 16.5. The molecule has 1 heterocycles. The van der Waals surface area contributed by atoms with E-state index in [1.54, 1.807) is 6.08 Å². The molecule has 2 aromatic carbocycles. The van der Waals surface area contributed by atoms with E-state index in [2.05, 4.69) is 19.9 Å². The number of phenolic OH excluding ortho intramolecular Hbond substituents is 3. The molecule has 3 N–H and O–H groups in total. The summed E-state index contributed by atoms with van der Waals surface area (Å²) in [5.74, 6) is -0.579. The first-order chi connectivity index (χ1) is 14.2. The maximum Gasteiger partial charge on any atom is 0.204 e. The van der Waals surface area contributed by atoms with E-state index in [9.17, 15) is 20.1 Å². The van der Waals surface area contributed by atoms with Crippen LogP contribution in [0.3, 0.4) is 0 Å². The third kappa shape index (κ3) is 4.13. The Balaban J connectivity index is 2.11. The number of fused-ring (bicyclic) bond motifs is 2. The largest absolute Gasteiger partial charge is 0.507 e. The first-order valence-electron chi connectivity index (χ1n) is 9.76. The van der Waals surface area contributed by atoms with Crippen LogP contribution in [0.2, 0.25) is 0 Å². The van der Waals surface area contributed by atoms with Crippen molar-refractivity contribution in [2.75, 3.05) is 7.11 Å². The minimum Gasteiger partial charge on any atom is -0.507 e. The lowest BCUT2D eigenvalue weighted by atomic mass is 10.0. The molecule has 0 unspecified atom stereocenters. The molecule has 1 aromatic heterocycles. The Labute approximate surface area is 174 Å². The fourth-order valence-corrected chi connectivity index (χ4v) is 3.41. The average molecular weight is 410 g/mol. The van der Waals surface area contributed by atoms with Crippen molar-refractivity contribution >= 4 is 28.0 Å². The fraction of sp³-hybridized carbons (Fsp3) is 0.292. The smallest absolute Gasteiger partial charge is 0.204 e. The standard InChI is InChI=1S/C24H26O6/c1-13(2)7-5-6-8-14(3)9-15-17(25)11-21-22(23(15)27)24(28)16-10-20(29-4)18(26)12-19(16)30-21/h7,9-12,25-27H,5-6,8H2,1-4H3. The van der Waals surface area contributed by atoms with Gasteiger partial charge in [0.25, 0.3) is 0 Å². The Morgan fingerprint density at radius 1 is 1.07 bits per heavy atom. The predicted molar refractivity (Wildman–Crippen MR) is 118 cm³/mol. The number of phenols is 3. The number of rotatable bonds is 6. The van der Waals surface area contributed by atoms with Crippen molar-refractivity contribution in [3.63, 3.8) is 0 Å². The minimum absolute atomic E-state index is 0.0309. The van der Waals surface area contributed by atoms with Crippen molar-refractivity contribution in [2.45, 2.75) is 40.0 Å². The summed E-state index contributed by atoms with van der Waals surface area (Å²) in [5.41, 5.74) is 2.11. The summed E-state index contributed by atoms with van der Waals surface area (Å²) < 4.78 is 10.7. The second kappa shape index (κ2) is 8.53. The number of benzene rings is 2. The Hall–Kier alpha value is -3.41. The third-order valence-corrected chi connectivity index (χ3v) is 4.97. The molecule has 158 valence electrons. The lowest BCUT2D eigenvalue weighted by molar-refractivity contribution is 0.374. The Morgan fingerprint density at radius 2 is 1.77 bits per heavy atom. The van der Waals surface area contributed by atoms with E-state index < -0.39 is 5.43 Å². The van der Waals surface area contributed by atoms with E-state index in [-0.39, 0.29) is 50.5 Å². The van der Waals surface area contributed by atoms with Gasteiger partial charge in [-0.3, -0.25) is 4.79 Å². The lowest BCUT2D eigenvalue weighted by Crippen LogP contribution is -2.03. The average Bonchev–Trinajstić information content (AvgIpc) is 2.67. The maximum atomic E-state index is 13.0. The molecule has 0 radical (unpaired) electrons. The van der Waals surface area contributed by atoms with Crippen molar-refractivity contribution < 1.29 is 24.5 Å². The number of unbranched alkanes of at least 4 members (excludes halogenated alkanes) is 1. The highest BCUT2D eigenvalue weighted by Gasteiger charge is 2.19. The molecule has 6 nitrogen and oxygen atoms in total. The monoisotopic (exact) mass is 410 g/mol. The van der Waals surface area contributed by atoms with Crippen molar-refractivity contribution in [3.05, 3.63) is 51.2 Å². The molecule has 0 saturated heterocycles. The van der Waals surface area contributed by atoms with Crippen LogP contribution >= 0.6 is 0 Å². The van der Waals surface area contributed by atoms with E-state index in [1.807, 2.05) is 6.92 Å². The van der Waals surface area contributed by atoms with Crippen LogP contribution in [0.5, 0.6) is 23.0 Å². The molecule has 0 saturated carbocycles. The highest BCUT2D eigenvalue weighted by Crippen LogP contribution is 2.38. The first-order valence-corrected chi connectivity index (χ1v) is 9.76. The third-order valence-electron chi connectivity index (χ3n) is 4.97. The zero-order valence-corrected chi connectivity index (χ0v) is 17.6. The zero-order valence-electron chi connectivity index (χ0n) is 17.6. The number of ether oxygens (including phenoxy) is 1. The van der Waals surface area contributed by atoms with Gasteiger partial charge in [0.2, 0.25) is 5.43 Å². The summed E-state index contributed by atoms with van der Waals surface area (Å²) in [6, 6.07) is 3.94. The van der Waals surface area contributed by atoms with E-state index in [1.165, 1.54) is 30.9 Å². The van der Waals surface area contributed by atoms with Gasteiger partial charge in [-0.05, 0) is 52.2 Å². The number of hydrogen-bond acceptors (Lipinski definition) is 6. The molecular formula is C24H26O6. The Morgan fingerprint density at radius 3 is 2.43 bits per heavy atom. The number of methoxy groups -OCH3 is 1. The van der Waals surface area contributed by atoms with Crippen LogP contribution in [-0.4, -0.2) is 22.4 Å². The molecule has 0 aliphatic heterocycles. The van der Waals surface area contributed by atoms with Gasteiger partial charge in [0.1, 0.15) is 28.1 Å². The highest BCUT2D eigenvalue weighted by molar-refractivity contribution is 5.97. The van der Waals surface area contributed by atoms with Gasteiger partial charge in [-0.15, -0.1) is 0 Å². The lowest BCUT2D eigenvalue weighted by Gasteiger charge is -2.10. The second-order valence-electron chi connectivity index (χ2n) is 7.65. The number of hydrogen-bond donors (Lipinski definition) is 3. The van der Waals surface area contributed by atoms with Gasteiger partial charge in [0.05, 0.1) is 18.1 Å². The van der Waals surface area contributed by atoms with E-state index in [0.29, 0.717) is 0 Å². The molecule has 30 heavy (non-hydrogen) atoms. The predicted octanol–water partition coefficient (Wildman–Crippen LogP) is 5.61. The van der Waals surface area contributed by atoms with Crippen molar-refractivity contribution in [2.24, 2.45) is 0 Å². The van der Waals surface area contributed by atoms with Crippen molar-refractivity contribution in [1.29, 1.82) is 0 Å². The van der Waals surface area contributed by atoms with Crippen molar-refractivity contribution in [3.8, 4) is 23.0 Å². The Kier molecular flexibility index (Phi) is 6.06. The minimum atomic E-state index is -0.474. The van der Waals surface area contributed by atoms with Crippen LogP contribution in [0.25, 0.3) is 28.0 Å². The Bertz CT molecular complexity index is 1230. The summed E-state index contributed by atoms with van der Waals surface area (Å²) in [7, 11) is 1.38. The van der Waals surface area contributed by atoms with Crippen LogP contribution in [0, 0.1) is 0 Å². The molecule has 0 atom stereocenters. The van der Waals surface area contributed by atoms with Gasteiger partial charge in [0.15, 0.2) is 11.5 Å². The van der Waals surface area contributed by atoms with Crippen LogP contribution < -0.4 is 10.2 Å².